The molecule has 0 unspecified atom stereocenters. The Hall–Kier alpha value is -3.47. The van der Waals surface area contributed by atoms with E-state index in [1.807, 2.05) is 36.4 Å². The van der Waals surface area contributed by atoms with E-state index in [4.69, 9.17) is 4.74 Å². The van der Waals surface area contributed by atoms with Crippen molar-refractivity contribution in [2.75, 3.05) is 18.6 Å². The SMILES string of the molecule is O=C(Nc1ccc(OCCCF)cc1)c1ccc(/C=C/c2ccncc2)cc1. The van der Waals surface area contributed by atoms with Gasteiger partial charge in [-0.15, -0.1) is 0 Å². The van der Waals surface area contributed by atoms with Crippen LogP contribution in [0.2, 0.25) is 0 Å². The molecule has 0 atom stereocenters. The Balaban J connectivity index is 1.56. The number of ether oxygens (including phenoxy) is 1. The van der Waals surface area contributed by atoms with Gasteiger partial charge in [-0.05, 0) is 59.7 Å². The summed E-state index contributed by atoms with van der Waals surface area (Å²) in [5, 5.41) is 2.85. The van der Waals surface area contributed by atoms with E-state index < -0.39 is 6.67 Å². The summed E-state index contributed by atoms with van der Waals surface area (Å²) < 4.78 is 17.5. The Morgan fingerprint density at radius 1 is 0.929 bits per heavy atom. The highest BCUT2D eigenvalue weighted by molar-refractivity contribution is 6.04. The third-order valence-electron chi connectivity index (χ3n) is 4.01. The molecule has 3 rings (SSSR count). The normalized spacial score (nSPS) is 10.8. The van der Waals surface area contributed by atoms with Crippen molar-refractivity contribution in [1.82, 2.24) is 4.98 Å². The van der Waals surface area contributed by atoms with Gasteiger partial charge in [-0.25, -0.2) is 0 Å². The van der Waals surface area contributed by atoms with Crippen LogP contribution in [0, 0.1) is 0 Å². The zero-order chi connectivity index (χ0) is 19.6. The number of benzene rings is 2. The van der Waals surface area contributed by atoms with Gasteiger partial charge >= 0.3 is 0 Å². The number of carbonyl (C=O) groups excluding carboxylic acids is 1. The molecule has 28 heavy (non-hydrogen) atoms. The molecular weight excluding hydrogens is 355 g/mol. The minimum Gasteiger partial charge on any atom is -0.493 e. The van der Waals surface area contributed by atoms with Crippen LogP contribution in [-0.2, 0) is 0 Å². The number of hydrogen-bond acceptors (Lipinski definition) is 3. The first-order chi connectivity index (χ1) is 13.7. The lowest BCUT2D eigenvalue weighted by atomic mass is 10.1. The number of nitrogens with one attached hydrogen (secondary N) is 1. The summed E-state index contributed by atoms with van der Waals surface area (Å²) in [5.41, 5.74) is 3.31. The second kappa shape index (κ2) is 10.0. The van der Waals surface area contributed by atoms with Gasteiger partial charge in [-0.1, -0.05) is 24.3 Å². The third-order valence-corrected chi connectivity index (χ3v) is 4.01. The predicted octanol–water partition coefficient (Wildman–Crippen LogP) is 5.24. The maximum Gasteiger partial charge on any atom is 0.255 e. The third kappa shape index (κ3) is 5.77. The Morgan fingerprint density at radius 3 is 2.21 bits per heavy atom. The molecule has 0 bridgehead atoms. The summed E-state index contributed by atoms with van der Waals surface area (Å²) in [4.78, 5) is 16.4. The monoisotopic (exact) mass is 376 g/mol. The highest BCUT2D eigenvalue weighted by Crippen LogP contribution is 2.17. The molecule has 0 saturated heterocycles. The maximum absolute atomic E-state index is 12.4. The van der Waals surface area contributed by atoms with Crippen molar-refractivity contribution in [1.29, 1.82) is 0 Å². The average Bonchev–Trinajstić information content (AvgIpc) is 2.75. The summed E-state index contributed by atoms with van der Waals surface area (Å²) in [6, 6.07) is 18.2. The van der Waals surface area contributed by atoms with Gasteiger partial charge in [0.05, 0.1) is 13.3 Å². The number of anilines is 1. The molecule has 4 nitrogen and oxygen atoms in total. The fraction of sp³-hybridized carbons (Fsp3) is 0.130. The molecular formula is C23H21FN2O2. The van der Waals surface area contributed by atoms with Crippen molar-refractivity contribution in [2.24, 2.45) is 0 Å². The number of amides is 1. The topological polar surface area (TPSA) is 51.2 Å². The summed E-state index contributed by atoms with van der Waals surface area (Å²) in [7, 11) is 0. The molecule has 1 amide bonds. The van der Waals surface area contributed by atoms with Crippen molar-refractivity contribution in [3.05, 3.63) is 89.7 Å². The Bertz CT molecular complexity index is 908. The lowest BCUT2D eigenvalue weighted by Crippen LogP contribution is -2.11. The minimum absolute atomic E-state index is 0.184. The van der Waals surface area contributed by atoms with Gasteiger partial charge in [-0.3, -0.25) is 14.2 Å². The van der Waals surface area contributed by atoms with Crippen LogP contribution in [-0.4, -0.2) is 24.2 Å². The van der Waals surface area contributed by atoms with Gasteiger partial charge in [-0.2, -0.15) is 0 Å². The summed E-state index contributed by atoms with van der Waals surface area (Å²) in [5.74, 6) is 0.465. The molecule has 0 spiro atoms. The highest BCUT2D eigenvalue weighted by atomic mass is 19.1. The second-order valence-electron chi connectivity index (χ2n) is 6.11. The zero-order valence-corrected chi connectivity index (χ0v) is 15.3. The van der Waals surface area contributed by atoms with Crippen LogP contribution in [0.4, 0.5) is 10.1 Å². The average molecular weight is 376 g/mol. The van der Waals surface area contributed by atoms with Crippen molar-refractivity contribution in [3.63, 3.8) is 0 Å². The Kier molecular flexibility index (Phi) is 6.90. The number of halogens is 1. The number of carbonyl (C=O) groups is 1. The fourth-order valence-corrected chi connectivity index (χ4v) is 2.49. The van der Waals surface area contributed by atoms with Crippen LogP contribution >= 0.6 is 0 Å². The van der Waals surface area contributed by atoms with Gasteiger partial charge in [0.2, 0.25) is 0 Å². The van der Waals surface area contributed by atoms with E-state index in [9.17, 15) is 9.18 Å². The molecule has 142 valence electrons. The summed E-state index contributed by atoms with van der Waals surface area (Å²) in [6.45, 7) is -0.0589. The number of aromatic nitrogens is 1. The van der Waals surface area contributed by atoms with Crippen molar-refractivity contribution < 1.29 is 13.9 Å². The van der Waals surface area contributed by atoms with Crippen LogP contribution in [0.25, 0.3) is 12.2 Å². The zero-order valence-electron chi connectivity index (χ0n) is 15.3. The van der Waals surface area contributed by atoms with E-state index in [1.165, 1.54) is 0 Å². The van der Waals surface area contributed by atoms with Gasteiger partial charge in [0.25, 0.3) is 5.91 Å². The molecule has 0 aliphatic carbocycles. The molecule has 0 radical (unpaired) electrons. The largest absolute Gasteiger partial charge is 0.493 e. The fourth-order valence-electron chi connectivity index (χ4n) is 2.49. The Labute approximate surface area is 163 Å². The van der Waals surface area contributed by atoms with Crippen LogP contribution in [0.1, 0.15) is 27.9 Å². The number of pyridine rings is 1. The van der Waals surface area contributed by atoms with Crippen LogP contribution in [0.5, 0.6) is 5.75 Å². The first-order valence-corrected chi connectivity index (χ1v) is 9.03. The lowest BCUT2D eigenvalue weighted by molar-refractivity contribution is 0.102. The predicted molar refractivity (Wildman–Crippen MR) is 110 cm³/mol. The molecule has 0 fully saturated rings. The van der Waals surface area contributed by atoms with Gasteiger partial charge < -0.3 is 10.1 Å². The van der Waals surface area contributed by atoms with Gasteiger partial charge in [0.15, 0.2) is 0 Å². The first kappa shape index (κ1) is 19.3. The molecule has 2 aromatic carbocycles. The number of alkyl halides is 1. The molecule has 0 aliphatic rings. The van der Waals surface area contributed by atoms with E-state index in [0.29, 0.717) is 30.0 Å². The van der Waals surface area contributed by atoms with E-state index >= 15 is 0 Å². The van der Waals surface area contributed by atoms with Gasteiger partial charge in [0.1, 0.15) is 5.75 Å². The van der Waals surface area contributed by atoms with E-state index in [-0.39, 0.29) is 5.91 Å². The van der Waals surface area contributed by atoms with Crippen molar-refractivity contribution >= 4 is 23.7 Å². The Morgan fingerprint density at radius 2 is 1.57 bits per heavy atom. The van der Waals surface area contributed by atoms with E-state index in [2.05, 4.69) is 10.3 Å². The highest BCUT2D eigenvalue weighted by Gasteiger charge is 2.06. The molecule has 1 N–H and O–H groups in total. The summed E-state index contributed by atoms with van der Waals surface area (Å²) in [6.07, 6.45) is 7.84. The van der Waals surface area contributed by atoms with E-state index in [0.717, 1.165) is 11.1 Å². The maximum atomic E-state index is 12.4. The molecule has 1 aromatic heterocycles. The molecule has 0 saturated carbocycles. The molecule has 5 heteroatoms. The molecule has 3 aromatic rings. The smallest absolute Gasteiger partial charge is 0.255 e. The quantitative estimate of drug-likeness (QED) is 0.547. The molecule has 0 aliphatic heterocycles. The van der Waals surface area contributed by atoms with Crippen LogP contribution < -0.4 is 10.1 Å². The standard InChI is InChI=1S/C23H21FN2O2/c24-14-1-17-28-22-10-8-21(9-11-22)26-23(27)20-6-4-18(5-7-20)2-3-19-12-15-25-16-13-19/h2-13,15-16H,1,14,17H2,(H,26,27)/b3-2+. The lowest BCUT2D eigenvalue weighted by Gasteiger charge is -2.08. The minimum atomic E-state index is -0.396. The first-order valence-electron chi connectivity index (χ1n) is 9.03. The number of rotatable bonds is 8. The number of hydrogen-bond donors (Lipinski definition) is 1. The molecule has 1 heterocycles. The van der Waals surface area contributed by atoms with E-state index in [1.54, 1.807) is 48.8 Å². The van der Waals surface area contributed by atoms with Gasteiger partial charge in [0, 0.05) is 30.1 Å². The van der Waals surface area contributed by atoms with Crippen LogP contribution in [0.15, 0.2) is 73.1 Å². The van der Waals surface area contributed by atoms with Crippen molar-refractivity contribution in [2.45, 2.75) is 6.42 Å². The van der Waals surface area contributed by atoms with Crippen LogP contribution in [0.3, 0.4) is 0 Å². The summed E-state index contributed by atoms with van der Waals surface area (Å²) >= 11 is 0. The second-order valence-corrected chi connectivity index (χ2v) is 6.11. The number of nitrogens with zero attached hydrogens (tertiary/aromatic N) is 1. The van der Waals surface area contributed by atoms with Crippen molar-refractivity contribution in [3.8, 4) is 5.75 Å².